The monoisotopic (exact) mass is 384 g/mol. The number of hydrogen-bond donors (Lipinski definition) is 2. The van der Waals surface area contributed by atoms with Crippen molar-refractivity contribution in [1.29, 1.82) is 0 Å². The van der Waals surface area contributed by atoms with Crippen LogP contribution in [0.2, 0.25) is 0 Å². The molecular weight excluding hydrogens is 356 g/mol. The Bertz CT molecular complexity index is 721. The van der Waals surface area contributed by atoms with Crippen molar-refractivity contribution in [3.05, 3.63) is 23.8 Å². The van der Waals surface area contributed by atoms with Crippen molar-refractivity contribution in [1.82, 2.24) is 14.9 Å². The molecule has 0 unspecified atom stereocenters. The maximum atomic E-state index is 11.8. The smallest absolute Gasteiger partial charge is 0.214 e. The number of hydrogen-bond acceptors (Lipinski definition) is 5. The molecule has 1 aromatic rings. The van der Waals surface area contributed by atoms with Gasteiger partial charge in [-0.3, -0.25) is 0 Å². The fourth-order valence-corrected chi connectivity index (χ4v) is 4.26. The van der Waals surface area contributed by atoms with Gasteiger partial charge >= 0.3 is 0 Å². The van der Waals surface area contributed by atoms with Gasteiger partial charge in [-0.25, -0.2) is 17.7 Å². The summed E-state index contributed by atoms with van der Waals surface area (Å²) in [4.78, 5) is 4.55. The molecule has 0 amide bonds. The van der Waals surface area contributed by atoms with Crippen molar-refractivity contribution in [2.75, 3.05) is 46.2 Å². The zero-order valence-electron chi connectivity index (χ0n) is 15.6. The van der Waals surface area contributed by atoms with E-state index in [0.29, 0.717) is 50.9 Å². The fraction of sp³-hybridized carbons (Fsp3) is 0.588. The summed E-state index contributed by atoms with van der Waals surface area (Å²) in [5.74, 6) is 2.33. The SMILES string of the molecule is CCNC(=NCc1ccc(OC)cc1OC)NCCN1CCCS1(=O)=O. The first-order valence-electron chi connectivity index (χ1n) is 8.71. The topological polar surface area (TPSA) is 92.3 Å². The Morgan fingerprint density at radius 1 is 1.27 bits per heavy atom. The van der Waals surface area contributed by atoms with Crippen LogP contribution in [-0.2, 0) is 16.6 Å². The van der Waals surface area contributed by atoms with E-state index in [1.807, 2.05) is 25.1 Å². The number of nitrogens with one attached hydrogen (secondary N) is 2. The van der Waals surface area contributed by atoms with Gasteiger partial charge in [0, 0.05) is 37.8 Å². The molecule has 0 aliphatic carbocycles. The molecule has 1 saturated heterocycles. The van der Waals surface area contributed by atoms with Crippen LogP contribution < -0.4 is 20.1 Å². The number of rotatable bonds is 8. The van der Waals surface area contributed by atoms with E-state index in [1.165, 1.54) is 4.31 Å². The van der Waals surface area contributed by atoms with E-state index >= 15 is 0 Å². The summed E-state index contributed by atoms with van der Waals surface area (Å²) in [7, 11) is 0.161. The first-order chi connectivity index (χ1) is 12.5. The van der Waals surface area contributed by atoms with E-state index in [9.17, 15) is 8.42 Å². The number of aliphatic imine (C=N–C) groups is 1. The van der Waals surface area contributed by atoms with Gasteiger partial charge in [0.2, 0.25) is 10.0 Å². The van der Waals surface area contributed by atoms with Gasteiger partial charge in [0.25, 0.3) is 0 Å². The van der Waals surface area contributed by atoms with E-state index in [-0.39, 0.29) is 5.75 Å². The van der Waals surface area contributed by atoms with Crippen molar-refractivity contribution in [3.8, 4) is 11.5 Å². The first-order valence-corrected chi connectivity index (χ1v) is 10.3. The molecule has 146 valence electrons. The second-order valence-corrected chi connectivity index (χ2v) is 7.96. The Hall–Kier alpha value is -2.00. The molecule has 0 atom stereocenters. The predicted molar refractivity (Wildman–Crippen MR) is 102 cm³/mol. The van der Waals surface area contributed by atoms with Crippen LogP contribution in [0.25, 0.3) is 0 Å². The molecule has 0 radical (unpaired) electrons. The Labute approximate surface area is 155 Å². The Morgan fingerprint density at radius 2 is 2.08 bits per heavy atom. The van der Waals surface area contributed by atoms with E-state index in [2.05, 4.69) is 15.6 Å². The summed E-state index contributed by atoms with van der Waals surface area (Å²) in [6.07, 6.45) is 0.702. The average molecular weight is 385 g/mol. The van der Waals surface area contributed by atoms with Gasteiger partial charge in [-0.2, -0.15) is 0 Å². The summed E-state index contributed by atoms with van der Waals surface area (Å²) < 4.78 is 35.8. The van der Waals surface area contributed by atoms with Crippen molar-refractivity contribution < 1.29 is 17.9 Å². The number of benzene rings is 1. The average Bonchev–Trinajstić information content (AvgIpc) is 2.97. The van der Waals surface area contributed by atoms with Gasteiger partial charge in [0.1, 0.15) is 11.5 Å². The Balaban J connectivity index is 1.96. The lowest BCUT2D eigenvalue weighted by Gasteiger charge is -2.16. The lowest BCUT2D eigenvalue weighted by molar-refractivity contribution is 0.391. The highest BCUT2D eigenvalue weighted by Crippen LogP contribution is 2.25. The molecule has 0 bridgehead atoms. The molecule has 0 spiro atoms. The number of sulfonamides is 1. The minimum atomic E-state index is -3.06. The Morgan fingerprint density at radius 3 is 2.69 bits per heavy atom. The molecule has 0 aromatic heterocycles. The second kappa shape index (κ2) is 9.63. The van der Waals surface area contributed by atoms with Crippen LogP contribution in [-0.4, -0.2) is 64.8 Å². The van der Waals surface area contributed by atoms with Crippen LogP contribution in [0.1, 0.15) is 18.9 Å². The van der Waals surface area contributed by atoms with Crippen molar-refractivity contribution in [3.63, 3.8) is 0 Å². The highest BCUT2D eigenvalue weighted by molar-refractivity contribution is 7.89. The lowest BCUT2D eigenvalue weighted by atomic mass is 10.2. The minimum Gasteiger partial charge on any atom is -0.497 e. The van der Waals surface area contributed by atoms with Crippen LogP contribution in [0.5, 0.6) is 11.5 Å². The Kier molecular flexibility index (Phi) is 7.52. The third-order valence-electron chi connectivity index (χ3n) is 4.10. The van der Waals surface area contributed by atoms with Crippen molar-refractivity contribution >= 4 is 16.0 Å². The molecule has 26 heavy (non-hydrogen) atoms. The second-order valence-electron chi connectivity index (χ2n) is 5.87. The summed E-state index contributed by atoms with van der Waals surface area (Å²) in [6.45, 7) is 4.68. The molecule has 1 aromatic carbocycles. The normalized spacial score (nSPS) is 17.1. The molecule has 2 N–H and O–H groups in total. The molecule has 1 fully saturated rings. The number of nitrogens with zero attached hydrogens (tertiary/aromatic N) is 2. The van der Waals surface area contributed by atoms with Crippen LogP contribution in [0.4, 0.5) is 0 Å². The largest absolute Gasteiger partial charge is 0.497 e. The maximum Gasteiger partial charge on any atom is 0.214 e. The lowest BCUT2D eigenvalue weighted by Crippen LogP contribution is -2.42. The van der Waals surface area contributed by atoms with Crippen LogP contribution in [0.15, 0.2) is 23.2 Å². The van der Waals surface area contributed by atoms with Crippen molar-refractivity contribution in [2.24, 2.45) is 4.99 Å². The molecule has 1 aliphatic rings. The third kappa shape index (κ3) is 5.50. The quantitative estimate of drug-likeness (QED) is 0.509. The van der Waals surface area contributed by atoms with Gasteiger partial charge < -0.3 is 20.1 Å². The van der Waals surface area contributed by atoms with Gasteiger partial charge in [-0.1, -0.05) is 0 Å². The first kappa shape index (κ1) is 20.3. The highest BCUT2D eigenvalue weighted by atomic mass is 32.2. The molecule has 8 nitrogen and oxygen atoms in total. The molecule has 9 heteroatoms. The van der Waals surface area contributed by atoms with E-state index in [0.717, 1.165) is 11.3 Å². The fourth-order valence-electron chi connectivity index (χ4n) is 2.73. The zero-order valence-corrected chi connectivity index (χ0v) is 16.4. The van der Waals surface area contributed by atoms with Gasteiger partial charge in [-0.05, 0) is 25.5 Å². The molecular formula is C17H28N4O4S. The molecule has 2 rings (SSSR count). The predicted octanol–water partition coefficient (Wildman–Crippen LogP) is 0.794. The van der Waals surface area contributed by atoms with E-state index in [4.69, 9.17) is 9.47 Å². The van der Waals surface area contributed by atoms with E-state index in [1.54, 1.807) is 14.2 Å². The van der Waals surface area contributed by atoms with Crippen LogP contribution >= 0.6 is 0 Å². The number of guanidine groups is 1. The number of methoxy groups -OCH3 is 2. The zero-order chi connectivity index (χ0) is 19.0. The molecule has 1 heterocycles. The summed E-state index contributed by atoms with van der Waals surface area (Å²) >= 11 is 0. The van der Waals surface area contributed by atoms with E-state index < -0.39 is 10.0 Å². The van der Waals surface area contributed by atoms with Crippen molar-refractivity contribution in [2.45, 2.75) is 19.9 Å². The highest BCUT2D eigenvalue weighted by Gasteiger charge is 2.27. The molecule has 0 saturated carbocycles. The van der Waals surface area contributed by atoms with Gasteiger partial charge in [0.15, 0.2) is 5.96 Å². The minimum absolute atomic E-state index is 0.248. The van der Waals surface area contributed by atoms with Gasteiger partial charge in [-0.15, -0.1) is 0 Å². The van der Waals surface area contributed by atoms with Crippen LogP contribution in [0, 0.1) is 0 Å². The van der Waals surface area contributed by atoms with Gasteiger partial charge in [0.05, 0.1) is 26.5 Å². The standard InChI is InChI=1S/C17H28N4O4S/c1-4-18-17(19-8-10-21-9-5-11-26(21,22)23)20-13-14-6-7-15(24-2)12-16(14)25-3/h6-7,12H,4-5,8-11,13H2,1-3H3,(H2,18,19,20). The summed E-state index contributed by atoms with van der Waals surface area (Å²) in [5, 5.41) is 6.35. The third-order valence-corrected chi connectivity index (χ3v) is 6.06. The summed E-state index contributed by atoms with van der Waals surface area (Å²) in [6, 6.07) is 5.61. The summed E-state index contributed by atoms with van der Waals surface area (Å²) in [5.41, 5.74) is 0.938. The van der Waals surface area contributed by atoms with Crippen LogP contribution in [0.3, 0.4) is 0 Å². The number of ether oxygens (including phenoxy) is 2. The maximum absolute atomic E-state index is 11.8. The molecule has 1 aliphatic heterocycles.